The van der Waals surface area contributed by atoms with Gasteiger partial charge in [-0.3, -0.25) is 4.79 Å². The first-order valence-corrected chi connectivity index (χ1v) is 10.3. The van der Waals surface area contributed by atoms with Gasteiger partial charge in [0.25, 0.3) is 0 Å². The fourth-order valence-corrected chi connectivity index (χ4v) is 4.01. The number of likely N-dealkylation sites (tertiary alicyclic amines) is 1. The predicted octanol–water partition coefficient (Wildman–Crippen LogP) is 1.22. The van der Waals surface area contributed by atoms with Gasteiger partial charge in [-0.25, -0.2) is 0 Å². The van der Waals surface area contributed by atoms with Gasteiger partial charge in [0.1, 0.15) is 12.3 Å². The molecule has 1 amide bonds. The molecule has 150 valence electrons. The van der Waals surface area contributed by atoms with E-state index in [2.05, 4.69) is 47.9 Å². The van der Waals surface area contributed by atoms with Gasteiger partial charge in [-0.2, -0.15) is 0 Å². The van der Waals surface area contributed by atoms with E-state index in [-0.39, 0.29) is 5.91 Å². The third kappa shape index (κ3) is 6.36. The van der Waals surface area contributed by atoms with E-state index in [1.807, 2.05) is 24.3 Å². The number of hydrogen-bond acceptors (Lipinski definition) is 2. The fraction of sp³-hybridized carbons (Fsp3) is 0.435. The van der Waals surface area contributed by atoms with Crippen molar-refractivity contribution in [3.63, 3.8) is 0 Å². The molecule has 0 saturated carbocycles. The first-order chi connectivity index (χ1) is 13.6. The average molecular weight is 384 g/mol. The molecule has 1 saturated heterocycles. The summed E-state index contributed by atoms with van der Waals surface area (Å²) in [4.78, 5) is 14.0. The first kappa shape index (κ1) is 20.4. The molecule has 1 aliphatic rings. The Balaban J connectivity index is 1.36. The second-order valence-electron chi connectivity index (χ2n) is 7.90. The van der Waals surface area contributed by atoms with Gasteiger partial charge < -0.3 is 20.3 Å². The summed E-state index contributed by atoms with van der Waals surface area (Å²) in [5.74, 6) is 0.862. The molecule has 0 spiro atoms. The number of ether oxygens (including phenoxy) is 1. The molecule has 1 aliphatic heterocycles. The number of carbonyl (C=O) groups is 1. The van der Waals surface area contributed by atoms with E-state index >= 15 is 0 Å². The number of amides is 1. The molecular weight excluding hydrogens is 350 g/mol. The molecular formula is C23H33N3O2+2. The van der Waals surface area contributed by atoms with Crippen LogP contribution in [-0.4, -0.2) is 38.2 Å². The maximum atomic E-state index is 12.3. The van der Waals surface area contributed by atoms with Crippen molar-refractivity contribution in [1.29, 1.82) is 0 Å². The lowest BCUT2D eigenvalue weighted by atomic mass is 10.0. The van der Waals surface area contributed by atoms with Crippen LogP contribution in [0.25, 0.3) is 0 Å². The van der Waals surface area contributed by atoms with Crippen molar-refractivity contribution in [1.82, 2.24) is 0 Å². The lowest BCUT2D eigenvalue weighted by Crippen LogP contribution is -3.14. The van der Waals surface area contributed by atoms with Gasteiger partial charge in [0.2, 0.25) is 5.91 Å². The first-order valence-electron chi connectivity index (χ1n) is 10.3. The van der Waals surface area contributed by atoms with E-state index < -0.39 is 0 Å². The summed E-state index contributed by atoms with van der Waals surface area (Å²) < 4.78 is 5.14. The van der Waals surface area contributed by atoms with Crippen LogP contribution in [0.1, 0.15) is 31.7 Å². The Labute approximate surface area is 168 Å². The molecule has 0 radical (unpaired) electrons. The quantitative estimate of drug-likeness (QED) is 0.642. The van der Waals surface area contributed by atoms with Crippen molar-refractivity contribution >= 4 is 11.6 Å². The molecule has 0 bridgehead atoms. The van der Waals surface area contributed by atoms with E-state index in [4.69, 9.17) is 4.74 Å². The van der Waals surface area contributed by atoms with Gasteiger partial charge in [-0.1, -0.05) is 30.3 Å². The van der Waals surface area contributed by atoms with Gasteiger partial charge >= 0.3 is 0 Å². The van der Waals surface area contributed by atoms with Gasteiger partial charge in [0.05, 0.1) is 38.7 Å². The lowest BCUT2D eigenvalue weighted by Gasteiger charge is -2.29. The van der Waals surface area contributed by atoms with Gasteiger partial charge in [0, 0.05) is 24.1 Å². The number of methoxy groups -OCH3 is 1. The van der Waals surface area contributed by atoms with Crippen molar-refractivity contribution in [2.45, 2.75) is 44.8 Å². The molecule has 1 fully saturated rings. The molecule has 1 atom stereocenters. The van der Waals surface area contributed by atoms with Crippen LogP contribution >= 0.6 is 0 Å². The molecule has 2 aromatic rings. The maximum absolute atomic E-state index is 12.3. The summed E-state index contributed by atoms with van der Waals surface area (Å²) in [5.41, 5.74) is 2.24. The molecule has 28 heavy (non-hydrogen) atoms. The van der Waals surface area contributed by atoms with Crippen LogP contribution in [0.5, 0.6) is 5.75 Å². The number of nitrogens with two attached hydrogens (primary N) is 1. The Bertz CT molecular complexity index is 725. The SMILES string of the molecule is COc1ccc(NC(=O)C[C@@H](C)[NH2+]C2CC[NH+](Cc3ccccc3)CC2)cc1. The Hall–Kier alpha value is -2.37. The molecule has 4 N–H and O–H groups in total. The standard InChI is InChI=1S/C23H31N3O2/c1-18(16-23(27)25-20-8-10-22(28-2)11-9-20)24-21-12-14-26(15-13-21)17-19-6-4-3-5-7-19/h3-11,18,21,24H,12-17H2,1-2H3,(H,25,27)/p+2/t18-/m1/s1. The molecule has 0 aliphatic carbocycles. The van der Waals surface area contributed by atoms with E-state index in [0.717, 1.165) is 18.0 Å². The summed E-state index contributed by atoms with van der Waals surface area (Å²) in [6.45, 7) is 5.69. The monoisotopic (exact) mass is 383 g/mol. The Kier molecular flexibility index (Phi) is 7.46. The minimum absolute atomic E-state index is 0.0704. The summed E-state index contributed by atoms with van der Waals surface area (Å²) in [6.07, 6.45) is 2.96. The highest BCUT2D eigenvalue weighted by Crippen LogP contribution is 2.15. The highest BCUT2D eigenvalue weighted by atomic mass is 16.5. The summed E-state index contributed by atoms with van der Waals surface area (Å²) >= 11 is 0. The van der Waals surface area contributed by atoms with Gasteiger partial charge in [-0.15, -0.1) is 0 Å². The highest BCUT2D eigenvalue weighted by Gasteiger charge is 2.26. The maximum Gasteiger partial charge on any atom is 0.230 e. The van der Waals surface area contributed by atoms with Crippen LogP contribution in [0, 0.1) is 0 Å². The normalized spacial score (nSPS) is 20.4. The van der Waals surface area contributed by atoms with E-state index in [1.165, 1.54) is 31.5 Å². The zero-order valence-electron chi connectivity index (χ0n) is 17.0. The topological polar surface area (TPSA) is 59.4 Å². The molecule has 5 nitrogen and oxygen atoms in total. The molecule has 5 heteroatoms. The molecule has 0 unspecified atom stereocenters. The van der Waals surface area contributed by atoms with E-state index in [0.29, 0.717) is 18.5 Å². The second-order valence-corrected chi connectivity index (χ2v) is 7.90. The Morgan fingerprint density at radius 1 is 1.14 bits per heavy atom. The summed E-state index contributed by atoms with van der Waals surface area (Å²) in [6, 6.07) is 19.1. The average Bonchev–Trinajstić information content (AvgIpc) is 2.70. The van der Waals surface area contributed by atoms with Crippen LogP contribution < -0.4 is 20.3 Å². The number of carbonyl (C=O) groups excluding carboxylic acids is 1. The largest absolute Gasteiger partial charge is 0.497 e. The third-order valence-electron chi connectivity index (χ3n) is 5.52. The minimum Gasteiger partial charge on any atom is -0.497 e. The van der Waals surface area contributed by atoms with E-state index in [9.17, 15) is 4.79 Å². The number of quaternary nitrogens is 2. The molecule has 1 heterocycles. The number of benzene rings is 2. The zero-order valence-corrected chi connectivity index (χ0v) is 17.0. The summed E-state index contributed by atoms with van der Waals surface area (Å²) in [5, 5.41) is 5.37. The van der Waals surface area contributed by atoms with Gasteiger partial charge in [-0.05, 0) is 31.2 Å². The molecule has 3 rings (SSSR count). The van der Waals surface area contributed by atoms with Crippen molar-refractivity contribution in [3.8, 4) is 5.75 Å². The second kappa shape index (κ2) is 10.2. The van der Waals surface area contributed by atoms with Gasteiger partial charge in [0.15, 0.2) is 0 Å². The predicted molar refractivity (Wildman–Crippen MR) is 111 cm³/mol. The van der Waals surface area contributed by atoms with Crippen LogP contribution in [0.2, 0.25) is 0 Å². The Morgan fingerprint density at radius 3 is 2.46 bits per heavy atom. The van der Waals surface area contributed by atoms with Crippen LogP contribution in [-0.2, 0) is 11.3 Å². The van der Waals surface area contributed by atoms with Crippen LogP contribution in [0.3, 0.4) is 0 Å². The van der Waals surface area contributed by atoms with Crippen LogP contribution in [0.15, 0.2) is 54.6 Å². The number of nitrogens with one attached hydrogen (secondary N) is 2. The number of anilines is 1. The summed E-state index contributed by atoms with van der Waals surface area (Å²) in [7, 11) is 1.64. The minimum atomic E-state index is 0.0704. The smallest absolute Gasteiger partial charge is 0.230 e. The third-order valence-corrected chi connectivity index (χ3v) is 5.52. The Morgan fingerprint density at radius 2 is 1.82 bits per heavy atom. The lowest BCUT2D eigenvalue weighted by molar-refractivity contribution is -0.927. The molecule has 2 aromatic carbocycles. The highest BCUT2D eigenvalue weighted by molar-refractivity contribution is 5.90. The zero-order chi connectivity index (χ0) is 19.8. The number of piperidine rings is 1. The van der Waals surface area contributed by atoms with E-state index in [1.54, 1.807) is 12.0 Å². The number of hydrogen-bond donors (Lipinski definition) is 3. The fourth-order valence-electron chi connectivity index (χ4n) is 4.01. The molecule has 0 aromatic heterocycles. The van der Waals surface area contributed by atoms with Crippen molar-refractivity contribution in [3.05, 3.63) is 60.2 Å². The van der Waals surface area contributed by atoms with Crippen LogP contribution in [0.4, 0.5) is 5.69 Å². The van der Waals surface area contributed by atoms with Crippen molar-refractivity contribution in [2.75, 3.05) is 25.5 Å². The van der Waals surface area contributed by atoms with Crippen molar-refractivity contribution < 1.29 is 19.7 Å². The number of rotatable bonds is 8. The van der Waals surface area contributed by atoms with Crippen molar-refractivity contribution in [2.24, 2.45) is 0 Å².